The average Bonchev–Trinajstić information content (AvgIpc) is 3.51. The van der Waals surface area contributed by atoms with Gasteiger partial charge in [0.1, 0.15) is 18.1 Å². The maximum atomic E-state index is 12.9. The van der Waals surface area contributed by atoms with Gasteiger partial charge >= 0.3 is 0 Å². The molecule has 1 atom stereocenters. The van der Waals surface area contributed by atoms with Crippen LogP contribution in [0.2, 0.25) is 0 Å². The monoisotopic (exact) mass is 381 g/mol. The zero-order valence-electron chi connectivity index (χ0n) is 16.7. The molecule has 4 rings (SSSR count). The lowest BCUT2D eigenvalue weighted by atomic mass is 9.88. The van der Waals surface area contributed by atoms with Crippen LogP contribution < -0.4 is 10.3 Å². The van der Waals surface area contributed by atoms with Crippen molar-refractivity contribution in [2.75, 3.05) is 20.3 Å². The second-order valence-corrected chi connectivity index (χ2v) is 7.87. The number of pyridine rings is 1. The van der Waals surface area contributed by atoms with Gasteiger partial charge in [-0.3, -0.25) is 4.79 Å². The second-order valence-electron chi connectivity index (χ2n) is 7.87. The molecule has 0 radical (unpaired) electrons. The van der Waals surface area contributed by atoms with Gasteiger partial charge < -0.3 is 19.6 Å². The Kier molecular flexibility index (Phi) is 5.02. The SMILES string of the molecule is COc1cc(C2CC2)cc2cc(C3=CC(C)=C(OCCO)C(C)C3)[nH]c(=O)c12. The molecule has 0 spiro atoms. The highest BCUT2D eigenvalue weighted by molar-refractivity contribution is 5.90. The third-order valence-electron chi connectivity index (χ3n) is 5.65. The Morgan fingerprint density at radius 2 is 2.04 bits per heavy atom. The Hall–Kier alpha value is -2.53. The molecule has 2 aromatic rings. The Bertz CT molecular complexity index is 1030. The number of hydrogen-bond acceptors (Lipinski definition) is 4. The predicted molar refractivity (Wildman–Crippen MR) is 111 cm³/mol. The summed E-state index contributed by atoms with van der Waals surface area (Å²) in [7, 11) is 1.62. The summed E-state index contributed by atoms with van der Waals surface area (Å²) in [4.78, 5) is 15.9. The van der Waals surface area contributed by atoms with Crippen LogP contribution in [0.1, 0.15) is 50.3 Å². The van der Waals surface area contributed by atoms with Crippen LogP contribution in [-0.2, 0) is 4.74 Å². The van der Waals surface area contributed by atoms with Crippen LogP contribution in [0, 0.1) is 5.92 Å². The molecule has 2 N–H and O–H groups in total. The van der Waals surface area contributed by atoms with Gasteiger partial charge in [0.2, 0.25) is 0 Å². The summed E-state index contributed by atoms with van der Waals surface area (Å²) in [5, 5.41) is 10.6. The first kappa shape index (κ1) is 18.8. The van der Waals surface area contributed by atoms with E-state index in [9.17, 15) is 4.79 Å². The van der Waals surface area contributed by atoms with Gasteiger partial charge in [-0.1, -0.05) is 19.1 Å². The highest BCUT2D eigenvalue weighted by atomic mass is 16.5. The van der Waals surface area contributed by atoms with Crippen molar-refractivity contribution >= 4 is 16.3 Å². The van der Waals surface area contributed by atoms with E-state index in [1.807, 2.05) is 13.0 Å². The van der Waals surface area contributed by atoms with Gasteiger partial charge in [-0.05, 0) is 66.3 Å². The summed E-state index contributed by atoms with van der Waals surface area (Å²) in [6, 6.07) is 6.21. The maximum absolute atomic E-state index is 12.9. The summed E-state index contributed by atoms with van der Waals surface area (Å²) < 4.78 is 11.2. The van der Waals surface area contributed by atoms with Crippen molar-refractivity contribution in [1.82, 2.24) is 4.98 Å². The van der Waals surface area contributed by atoms with E-state index in [2.05, 4.69) is 30.1 Å². The van der Waals surface area contributed by atoms with Crippen molar-refractivity contribution in [3.63, 3.8) is 0 Å². The highest BCUT2D eigenvalue weighted by Crippen LogP contribution is 2.43. The van der Waals surface area contributed by atoms with Crippen LogP contribution in [0.3, 0.4) is 0 Å². The van der Waals surface area contributed by atoms with Gasteiger partial charge in [-0.25, -0.2) is 0 Å². The number of aliphatic hydroxyl groups is 1. The van der Waals surface area contributed by atoms with Crippen LogP contribution in [-0.4, -0.2) is 30.4 Å². The van der Waals surface area contributed by atoms with Crippen molar-refractivity contribution in [2.45, 2.75) is 39.0 Å². The van der Waals surface area contributed by atoms with Crippen LogP contribution in [0.25, 0.3) is 16.3 Å². The van der Waals surface area contributed by atoms with Crippen LogP contribution in [0.4, 0.5) is 0 Å². The minimum absolute atomic E-state index is 0.00320. The minimum Gasteiger partial charge on any atom is -0.496 e. The van der Waals surface area contributed by atoms with E-state index >= 15 is 0 Å². The summed E-state index contributed by atoms with van der Waals surface area (Å²) in [5.74, 6) is 2.34. The normalized spacial score (nSPS) is 19.7. The molecule has 1 fully saturated rings. The lowest BCUT2D eigenvalue weighted by Crippen LogP contribution is -2.15. The van der Waals surface area contributed by atoms with Gasteiger partial charge in [0.25, 0.3) is 5.56 Å². The van der Waals surface area contributed by atoms with Gasteiger partial charge in [-0.15, -0.1) is 0 Å². The second kappa shape index (κ2) is 7.47. The number of rotatable bonds is 6. The fraction of sp³-hybridized carbons (Fsp3) is 0.435. The third kappa shape index (κ3) is 3.47. The zero-order chi connectivity index (χ0) is 19.8. The molecule has 148 valence electrons. The molecule has 5 nitrogen and oxygen atoms in total. The smallest absolute Gasteiger partial charge is 0.260 e. The van der Waals surface area contributed by atoms with Crippen LogP contribution in [0.15, 0.2) is 40.4 Å². The van der Waals surface area contributed by atoms with Crippen molar-refractivity contribution in [3.05, 3.63) is 57.2 Å². The molecule has 2 aliphatic carbocycles. The molecule has 1 aromatic heterocycles. The first-order chi connectivity index (χ1) is 13.5. The van der Waals surface area contributed by atoms with E-state index in [-0.39, 0.29) is 18.1 Å². The maximum Gasteiger partial charge on any atom is 0.260 e. The van der Waals surface area contributed by atoms with Crippen molar-refractivity contribution in [2.24, 2.45) is 5.92 Å². The summed E-state index contributed by atoms with van der Waals surface area (Å²) in [6.07, 6.45) is 5.26. The van der Waals surface area contributed by atoms with Crippen LogP contribution >= 0.6 is 0 Å². The first-order valence-corrected chi connectivity index (χ1v) is 9.92. The number of nitrogens with one attached hydrogen (secondary N) is 1. The number of aromatic amines is 1. The van der Waals surface area contributed by atoms with Gasteiger partial charge in [-0.2, -0.15) is 0 Å². The number of H-pyrrole nitrogens is 1. The molecule has 1 aromatic carbocycles. The summed E-state index contributed by atoms with van der Waals surface area (Å²) in [6.45, 7) is 4.42. The molecule has 1 heterocycles. The summed E-state index contributed by atoms with van der Waals surface area (Å²) >= 11 is 0. The number of aromatic nitrogens is 1. The third-order valence-corrected chi connectivity index (χ3v) is 5.65. The Morgan fingerprint density at radius 3 is 2.68 bits per heavy atom. The average molecular weight is 381 g/mol. The topological polar surface area (TPSA) is 71.5 Å². The van der Waals surface area contributed by atoms with E-state index in [4.69, 9.17) is 14.6 Å². The van der Waals surface area contributed by atoms with E-state index in [1.54, 1.807) is 7.11 Å². The Labute approximate surface area is 164 Å². The lowest BCUT2D eigenvalue weighted by Gasteiger charge is -2.25. The van der Waals surface area contributed by atoms with Crippen molar-refractivity contribution in [1.29, 1.82) is 0 Å². The number of benzene rings is 1. The number of hydrogen-bond donors (Lipinski definition) is 2. The number of fused-ring (bicyclic) bond motifs is 1. The fourth-order valence-electron chi connectivity index (χ4n) is 4.18. The molecule has 0 saturated heterocycles. The minimum atomic E-state index is -0.121. The lowest BCUT2D eigenvalue weighted by molar-refractivity contribution is 0.125. The van der Waals surface area contributed by atoms with Gasteiger partial charge in [0.15, 0.2) is 0 Å². The van der Waals surface area contributed by atoms with Crippen molar-refractivity contribution in [3.8, 4) is 5.75 Å². The molecule has 0 bridgehead atoms. The summed E-state index contributed by atoms with van der Waals surface area (Å²) in [5.41, 5.74) is 4.11. The molecule has 1 saturated carbocycles. The highest BCUT2D eigenvalue weighted by Gasteiger charge is 2.26. The molecule has 1 unspecified atom stereocenters. The molecular weight excluding hydrogens is 354 g/mol. The number of aliphatic hydroxyl groups excluding tert-OH is 1. The molecule has 2 aliphatic rings. The van der Waals surface area contributed by atoms with E-state index in [0.717, 1.165) is 34.4 Å². The number of allylic oxidation sites excluding steroid dienone is 4. The molecule has 0 amide bonds. The predicted octanol–water partition coefficient (Wildman–Crippen LogP) is 4.12. The van der Waals surface area contributed by atoms with Crippen molar-refractivity contribution < 1.29 is 14.6 Å². The van der Waals surface area contributed by atoms with E-state index in [0.29, 0.717) is 23.7 Å². The first-order valence-electron chi connectivity index (χ1n) is 9.92. The largest absolute Gasteiger partial charge is 0.496 e. The molecule has 5 heteroatoms. The quantitative estimate of drug-likeness (QED) is 0.790. The molecule has 0 aliphatic heterocycles. The Morgan fingerprint density at radius 1 is 1.25 bits per heavy atom. The van der Waals surface area contributed by atoms with Gasteiger partial charge in [0, 0.05) is 11.6 Å². The standard InChI is InChI=1S/C23H27NO4/c1-13-8-17(9-14(2)22(13)28-7-6-25)19-11-18-10-16(15-4-5-15)12-20(27-3)21(18)23(26)24-19/h8,10-12,14-15,25H,4-7,9H2,1-3H3,(H,24,26). The van der Waals surface area contributed by atoms with E-state index in [1.165, 1.54) is 18.4 Å². The van der Waals surface area contributed by atoms with Gasteiger partial charge in [0.05, 0.1) is 19.1 Å². The molecule has 28 heavy (non-hydrogen) atoms. The Balaban J connectivity index is 1.79. The zero-order valence-corrected chi connectivity index (χ0v) is 16.7. The molecular formula is C23H27NO4. The number of methoxy groups -OCH3 is 1. The number of ether oxygens (including phenoxy) is 2. The fourth-order valence-corrected chi connectivity index (χ4v) is 4.18. The van der Waals surface area contributed by atoms with E-state index < -0.39 is 0 Å². The van der Waals surface area contributed by atoms with Crippen LogP contribution in [0.5, 0.6) is 5.75 Å².